The van der Waals surface area contributed by atoms with Gasteiger partial charge in [0.1, 0.15) is 5.60 Å². The molecule has 1 aromatic heterocycles. The Hall–Kier alpha value is -1.79. The van der Waals surface area contributed by atoms with Crippen LogP contribution in [0.15, 0.2) is 4.79 Å². The smallest absolute Gasteiger partial charge is 0.408 e. The van der Waals surface area contributed by atoms with Crippen molar-refractivity contribution in [2.75, 3.05) is 0 Å². The number of nitrogens with one attached hydrogen (secondary N) is 2. The predicted molar refractivity (Wildman–Crippen MR) is 56.9 cm³/mol. The van der Waals surface area contributed by atoms with Gasteiger partial charge in [-0.05, 0) is 20.8 Å². The van der Waals surface area contributed by atoms with Crippen LogP contribution in [0, 0.1) is 0 Å². The van der Waals surface area contributed by atoms with Gasteiger partial charge in [0, 0.05) is 7.05 Å². The fourth-order valence-corrected chi connectivity index (χ4v) is 1.00. The molecule has 0 aliphatic heterocycles. The van der Waals surface area contributed by atoms with Gasteiger partial charge in [-0.15, -0.1) is 0 Å². The second kappa shape index (κ2) is 4.38. The summed E-state index contributed by atoms with van der Waals surface area (Å²) in [5.74, 6) is 0.441. The van der Waals surface area contributed by atoms with Crippen molar-refractivity contribution < 1.29 is 9.53 Å². The summed E-state index contributed by atoms with van der Waals surface area (Å²) in [5, 5.41) is 8.52. The summed E-state index contributed by atoms with van der Waals surface area (Å²) in [7, 11) is 1.57. The van der Waals surface area contributed by atoms with Crippen molar-refractivity contribution in [3.8, 4) is 0 Å². The Morgan fingerprint density at radius 2 is 2.19 bits per heavy atom. The Kier molecular flexibility index (Phi) is 3.36. The van der Waals surface area contributed by atoms with E-state index in [0.29, 0.717) is 5.82 Å². The van der Waals surface area contributed by atoms with Gasteiger partial charge in [-0.2, -0.15) is 5.10 Å². The van der Waals surface area contributed by atoms with Gasteiger partial charge >= 0.3 is 11.8 Å². The van der Waals surface area contributed by atoms with Gasteiger partial charge in [0.05, 0.1) is 6.54 Å². The van der Waals surface area contributed by atoms with E-state index >= 15 is 0 Å². The molecule has 16 heavy (non-hydrogen) atoms. The normalized spacial score (nSPS) is 11.2. The summed E-state index contributed by atoms with van der Waals surface area (Å²) in [5.41, 5.74) is -0.859. The molecule has 0 aliphatic carbocycles. The van der Waals surface area contributed by atoms with Crippen molar-refractivity contribution in [2.24, 2.45) is 7.05 Å². The Morgan fingerprint density at radius 3 is 2.62 bits per heavy atom. The van der Waals surface area contributed by atoms with E-state index < -0.39 is 11.7 Å². The SMILES string of the molecule is Cn1c(CNC(=O)OC(C)(C)C)n[nH]c1=O. The number of carbonyl (C=O) groups excluding carboxylic acids is 1. The minimum Gasteiger partial charge on any atom is -0.444 e. The Bertz CT molecular complexity index is 427. The number of H-pyrrole nitrogens is 1. The van der Waals surface area contributed by atoms with Crippen LogP contribution in [0.3, 0.4) is 0 Å². The number of hydrogen-bond donors (Lipinski definition) is 2. The molecule has 0 unspecified atom stereocenters. The molecule has 0 fully saturated rings. The molecule has 0 bridgehead atoms. The minimum atomic E-state index is -0.540. The lowest BCUT2D eigenvalue weighted by atomic mass is 10.2. The highest BCUT2D eigenvalue weighted by atomic mass is 16.6. The zero-order valence-corrected chi connectivity index (χ0v) is 9.83. The van der Waals surface area contributed by atoms with E-state index in [0.717, 1.165) is 0 Å². The molecule has 2 N–H and O–H groups in total. The number of hydrogen-bond acceptors (Lipinski definition) is 4. The molecule has 1 amide bonds. The molecule has 7 heteroatoms. The lowest BCUT2D eigenvalue weighted by Gasteiger charge is -2.19. The number of carbonyl (C=O) groups is 1. The van der Waals surface area contributed by atoms with E-state index in [2.05, 4.69) is 15.5 Å². The summed E-state index contributed by atoms with van der Waals surface area (Å²) < 4.78 is 6.35. The Morgan fingerprint density at radius 1 is 1.56 bits per heavy atom. The molecule has 0 atom stereocenters. The average Bonchev–Trinajstić information content (AvgIpc) is 2.42. The first kappa shape index (κ1) is 12.3. The number of ether oxygens (including phenoxy) is 1. The second-order valence-electron chi connectivity index (χ2n) is 4.36. The quantitative estimate of drug-likeness (QED) is 0.753. The van der Waals surface area contributed by atoms with E-state index in [4.69, 9.17) is 4.74 Å². The van der Waals surface area contributed by atoms with Gasteiger partial charge in [-0.3, -0.25) is 4.57 Å². The summed E-state index contributed by atoms with van der Waals surface area (Å²) in [6.07, 6.45) is -0.539. The third-order valence-corrected chi connectivity index (χ3v) is 1.76. The maximum Gasteiger partial charge on any atom is 0.408 e. The molecule has 0 radical (unpaired) electrons. The third-order valence-electron chi connectivity index (χ3n) is 1.76. The predicted octanol–water partition coefficient (Wildman–Crippen LogP) is 0.133. The molecule has 0 spiro atoms. The number of alkyl carbamates (subject to hydrolysis) is 1. The minimum absolute atomic E-state index is 0.143. The second-order valence-corrected chi connectivity index (χ2v) is 4.36. The lowest BCUT2D eigenvalue weighted by molar-refractivity contribution is 0.0522. The maximum absolute atomic E-state index is 11.3. The third kappa shape index (κ3) is 3.41. The van der Waals surface area contributed by atoms with Crippen LogP contribution < -0.4 is 11.0 Å². The van der Waals surface area contributed by atoms with Crippen molar-refractivity contribution in [3.05, 3.63) is 16.3 Å². The molecule has 7 nitrogen and oxygen atoms in total. The number of aromatic amines is 1. The summed E-state index contributed by atoms with van der Waals surface area (Å²) in [6.45, 7) is 5.47. The van der Waals surface area contributed by atoms with Crippen LogP contribution in [0.1, 0.15) is 26.6 Å². The Balaban J connectivity index is 2.50. The van der Waals surface area contributed by atoms with Gasteiger partial charge in [0.25, 0.3) is 0 Å². The molecule has 1 aromatic rings. The van der Waals surface area contributed by atoms with Crippen LogP contribution in [0.25, 0.3) is 0 Å². The van der Waals surface area contributed by atoms with Crippen molar-refractivity contribution in [2.45, 2.75) is 32.9 Å². The fourth-order valence-electron chi connectivity index (χ4n) is 1.00. The van der Waals surface area contributed by atoms with Crippen LogP contribution in [-0.4, -0.2) is 26.5 Å². The number of nitrogens with zero attached hydrogens (tertiary/aromatic N) is 2. The van der Waals surface area contributed by atoms with Crippen LogP contribution in [0.5, 0.6) is 0 Å². The van der Waals surface area contributed by atoms with Crippen molar-refractivity contribution >= 4 is 6.09 Å². The van der Waals surface area contributed by atoms with Crippen molar-refractivity contribution in [3.63, 3.8) is 0 Å². The van der Waals surface area contributed by atoms with Crippen LogP contribution in [0.4, 0.5) is 4.79 Å². The molecule has 1 rings (SSSR count). The molecule has 0 saturated heterocycles. The van der Waals surface area contributed by atoms with Gasteiger partial charge in [0.2, 0.25) is 0 Å². The molecular formula is C9H16N4O3. The molecule has 0 aromatic carbocycles. The monoisotopic (exact) mass is 228 g/mol. The highest BCUT2D eigenvalue weighted by molar-refractivity contribution is 5.67. The van der Waals surface area contributed by atoms with E-state index in [1.807, 2.05) is 0 Å². The van der Waals surface area contributed by atoms with E-state index in [-0.39, 0.29) is 12.2 Å². The lowest BCUT2D eigenvalue weighted by Crippen LogP contribution is -2.33. The number of amides is 1. The average molecular weight is 228 g/mol. The van der Waals surface area contributed by atoms with Gasteiger partial charge in [-0.25, -0.2) is 14.7 Å². The summed E-state index contributed by atoms with van der Waals surface area (Å²) >= 11 is 0. The van der Waals surface area contributed by atoms with Crippen LogP contribution in [0.2, 0.25) is 0 Å². The first-order valence-electron chi connectivity index (χ1n) is 4.87. The topological polar surface area (TPSA) is 89.0 Å². The summed E-state index contributed by atoms with van der Waals surface area (Å²) in [6, 6.07) is 0. The Labute approximate surface area is 92.8 Å². The molecule has 0 saturated carbocycles. The van der Waals surface area contributed by atoms with Gasteiger partial charge in [0.15, 0.2) is 5.82 Å². The maximum atomic E-state index is 11.3. The fraction of sp³-hybridized carbons (Fsp3) is 0.667. The van der Waals surface area contributed by atoms with Crippen LogP contribution >= 0.6 is 0 Å². The molecular weight excluding hydrogens is 212 g/mol. The first-order chi connectivity index (χ1) is 7.29. The number of rotatable bonds is 2. The van der Waals surface area contributed by atoms with Crippen molar-refractivity contribution in [1.29, 1.82) is 0 Å². The standard InChI is InChI=1S/C9H16N4O3/c1-9(2,3)16-8(15)10-5-6-11-12-7(14)13(6)4/h5H2,1-4H3,(H,10,15)(H,12,14). The van der Waals surface area contributed by atoms with E-state index in [1.165, 1.54) is 4.57 Å². The zero-order valence-electron chi connectivity index (χ0n) is 9.83. The van der Waals surface area contributed by atoms with E-state index in [9.17, 15) is 9.59 Å². The molecule has 1 heterocycles. The summed E-state index contributed by atoms with van der Waals surface area (Å²) in [4.78, 5) is 22.3. The first-order valence-corrected chi connectivity index (χ1v) is 4.87. The van der Waals surface area contributed by atoms with Crippen LogP contribution in [-0.2, 0) is 18.3 Å². The highest BCUT2D eigenvalue weighted by Crippen LogP contribution is 2.06. The van der Waals surface area contributed by atoms with Gasteiger partial charge < -0.3 is 10.1 Å². The van der Waals surface area contributed by atoms with Gasteiger partial charge in [-0.1, -0.05) is 0 Å². The largest absolute Gasteiger partial charge is 0.444 e. The van der Waals surface area contributed by atoms with Crippen molar-refractivity contribution in [1.82, 2.24) is 20.1 Å². The van der Waals surface area contributed by atoms with E-state index in [1.54, 1.807) is 27.8 Å². The molecule has 90 valence electrons. The zero-order chi connectivity index (χ0) is 12.3. The molecule has 0 aliphatic rings. The number of aromatic nitrogens is 3. The highest BCUT2D eigenvalue weighted by Gasteiger charge is 2.16.